The standard InChI is InChI=1S/C7H4BF3O4/c9-7(10,11)14-5-1-3-6(4-2-5)15-8(12)13/h1-4H/q-2. The fourth-order valence-corrected chi connectivity index (χ4v) is 0.831. The van der Waals surface area contributed by atoms with E-state index in [0.717, 1.165) is 24.3 Å². The lowest BCUT2D eigenvalue weighted by molar-refractivity contribution is -0.372. The van der Waals surface area contributed by atoms with Crippen LogP contribution in [0.3, 0.4) is 0 Å². The van der Waals surface area contributed by atoms with Gasteiger partial charge in [-0.3, -0.25) is 0 Å². The first kappa shape index (κ1) is 11.7. The van der Waals surface area contributed by atoms with Crippen LogP contribution in [0, 0.1) is 0 Å². The summed E-state index contributed by atoms with van der Waals surface area (Å²) in [7, 11) is -2.51. The quantitative estimate of drug-likeness (QED) is 0.654. The van der Waals surface area contributed by atoms with E-state index >= 15 is 0 Å². The van der Waals surface area contributed by atoms with Crippen LogP contribution in [-0.2, 0) is 0 Å². The third-order valence-electron chi connectivity index (χ3n) is 1.29. The molecule has 0 amide bonds. The topological polar surface area (TPSA) is 64.6 Å². The fraction of sp³-hybridized carbons (Fsp3) is 0.143. The van der Waals surface area contributed by atoms with Gasteiger partial charge in [-0.15, -0.1) is 13.2 Å². The third-order valence-corrected chi connectivity index (χ3v) is 1.29. The molecule has 82 valence electrons. The number of rotatable bonds is 3. The van der Waals surface area contributed by atoms with Gasteiger partial charge < -0.3 is 19.4 Å². The predicted octanol–water partition coefficient (Wildman–Crippen LogP) is -0.331. The summed E-state index contributed by atoms with van der Waals surface area (Å²) >= 11 is 0. The molecule has 0 aliphatic carbocycles. The lowest BCUT2D eigenvalue weighted by atomic mass is 10.2. The normalized spacial score (nSPS) is 11.0. The number of alkyl halides is 3. The highest BCUT2D eigenvalue weighted by Gasteiger charge is 2.30. The molecule has 0 aliphatic heterocycles. The maximum atomic E-state index is 11.7. The van der Waals surface area contributed by atoms with Crippen LogP contribution in [-0.4, -0.2) is 13.7 Å². The molecule has 1 aromatic rings. The molecule has 0 fully saturated rings. The molecule has 0 radical (unpaired) electrons. The van der Waals surface area contributed by atoms with Crippen LogP contribution in [0.15, 0.2) is 24.3 Å². The predicted molar refractivity (Wildman–Crippen MR) is 39.5 cm³/mol. The Balaban J connectivity index is 2.64. The first-order valence-corrected chi connectivity index (χ1v) is 3.71. The molecular formula is C7H4BF3O4-2. The van der Waals surface area contributed by atoms with Crippen molar-refractivity contribution in [1.82, 2.24) is 0 Å². The van der Waals surface area contributed by atoms with Crippen molar-refractivity contribution in [1.29, 1.82) is 0 Å². The van der Waals surface area contributed by atoms with Crippen molar-refractivity contribution >= 4 is 7.32 Å². The number of hydrogen-bond acceptors (Lipinski definition) is 4. The van der Waals surface area contributed by atoms with Crippen molar-refractivity contribution in [2.24, 2.45) is 0 Å². The SMILES string of the molecule is [O-]B([O-])Oc1ccc(OC(F)(F)F)cc1. The van der Waals surface area contributed by atoms with Gasteiger partial charge in [-0.2, -0.15) is 0 Å². The second-order valence-electron chi connectivity index (χ2n) is 2.43. The summed E-state index contributed by atoms with van der Waals surface area (Å²) in [5, 5.41) is 20.0. The molecule has 0 N–H and O–H groups in total. The summed E-state index contributed by atoms with van der Waals surface area (Å²) in [6.45, 7) is 0. The number of benzene rings is 1. The molecule has 0 bridgehead atoms. The Labute approximate surface area is 83.0 Å². The molecule has 1 rings (SSSR count). The summed E-state index contributed by atoms with van der Waals surface area (Å²) < 4.78 is 42.8. The van der Waals surface area contributed by atoms with Crippen LogP contribution in [0.1, 0.15) is 0 Å². The van der Waals surface area contributed by atoms with Crippen molar-refractivity contribution in [3.05, 3.63) is 24.3 Å². The third kappa shape index (κ3) is 4.57. The van der Waals surface area contributed by atoms with E-state index < -0.39 is 19.4 Å². The van der Waals surface area contributed by atoms with E-state index in [0.29, 0.717) is 0 Å². The van der Waals surface area contributed by atoms with Crippen molar-refractivity contribution in [2.45, 2.75) is 6.36 Å². The monoisotopic (exact) mass is 220 g/mol. The molecule has 0 saturated heterocycles. The van der Waals surface area contributed by atoms with Crippen LogP contribution in [0.5, 0.6) is 11.5 Å². The molecule has 8 heteroatoms. The zero-order valence-corrected chi connectivity index (χ0v) is 7.15. The van der Waals surface area contributed by atoms with Gasteiger partial charge in [-0.25, -0.2) is 0 Å². The highest BCUT2D eigenvalue weighted by Crippen LogP contribution is 2.24. The molecule has 0 aliphatic rings. The van der Waals surface area contributed by atoms with E-state index in [4.69, 9.17) is 0 Å². The number of ether oxygens (including phenoxy) is 1. The smallest absolute Gasteiger partial charge is 0.573 e. The van der Waals surface area contributed by atoms with Gasteiger partial charge in [0.05, 0.1) is 5.75 Å². The molecular weight excluding hydrogens is 216 g/mol. The Morgan fingerprint density at radius 2 is 1.47 bits per heavy atom. The number of halogens is 3. The van der Waals surface area contributed by atoms with Gasteiger partial charge in [0.25, 0.3) is 0 Å². The second-order valence-corrected chi connectivity index (χ2v) is 2.43. The first-order valence-electron chi connectivity index (χ1n) is 3.71. The van der Waals surface area contributed by atoms with E-state index in [1.165, 1.54) is 0 Å². The molecule has 0 spiro atoms. The summed E-state index contributed by atoms with van der Waals surface area (Å²) in [5.41, 5.74) is 0. The molecule has 0 unspecified atom stereocenters. The number of hydrogen-bond donors (Lipinski definition) is 0. The van der Waals surface area contributed by atoms with Crippen LogP contribution in [0.25, 0.3) is 0 Å². The van der Waals surface area contributed by atoms with Gasteiger partial charge >= 0.3 is 6.36 Å². The maximum absolute atomic E-state index is 11.7. The second kappa shape index (κ2) is 4.41. The highest BCUT2D eigenvalue weighted by molar-refractivity contribution is 6.29. The van der Waals surface area contributed by atoms with Crippen LogP contribution >= 0.6 is 0 Å². The van der Waals surface area contributed by atoms with Gasteiger partial charge in [0.2, 0.25) is 0 Å². The largest absolute Gasteiger partial charge is 0.860 e. The van der Waals surface area contributed by atoms with Crippen molar-refractivity contribution in [3.8, 4) is 11.5 Å². The van der Waals surface area contributed by atoms with Gasteiger partial charge in [-0.05, 0) is 24.3 Å². The maximum Gasteiger partial charge on any atom is 0.573 e. The Hall–Kier alpha value is -1.41. The molecule has 0 atom stereocenters. The average molecular weight is 220 g/mol. The summed E-state index contributed by atoms with van der Waals surface area (Å²) in [5.74, 6) is -0.567. The van der Waals surface area contributed by atoms with Gasteiger partial charge in [-0.1, -0.05) is 0 Å². The van der Waals surface area contributed by atoms with E-state index in [-0.39, 0.29) is 5.75 Å². The average Bonchev–Trinajstić information content (AvgIpc) is 2.05. The Kier molecular flexibility index (Phi) is 3.43. The van der Waals surface area contributed by atoms with E-state index in [2.05, 4.69) is 9.39 Å². The van der Waals surface area contributed by atoms with Crippen LogP contribution in [0.4, 0.5) is 13.2 Å². The molecule has 1 aromatic carbocycles. The van der Waals surface area contributed by atoms with Gasteiger partial charge in [0.1, 0.15) is 13.1 Å². The van der Waals surface area contributed by atoms with E-state index in [9.17, 15) is 23.2 Å². The Bertz CT molecular complexity index is 311. The van der Waals surface area contributed by atoms with Gasteiger partial charge in [0.15, 0.2) is 0 Å². The zero-order valence-electron chi connectivity index (χ0n) is 7.15. The summed E-state index contributed by atoms with van der Waals surface area (Å²) in [6.07, 6.45) is -4.78. The minimum Gasteiger partial charge on any atom is -0.860 e. The van der Waals surface area contributed by atoms with E-state index in [1.807, 2.05) is 0 Å². The zero-order chi connectivity index (χ0) is 11.5. The lowest BCUT2D eigenvalue weighted by Gasteiger charge is -2.26. The Morgan fingerprint density at radius 1 is 1.00 bits per heavy atom. The fourth-order valence-electron chi connectivity index (χ4n) is 0.831. The van der Waals surface area contributed by atoms with Crippen molar-refractivity contribution in [2.75, 3.05) is 0 Å². The van der Waals surface area contributed by atoms with Crippen molar-refractivity contribution < 1.29 is 32.6 Å². The molecule has 0 heterocycles. The Morgan fingerprint density at radius 3 is 1.87 bits per heavy atom. The molecule has 0 aromatic heterocycles. The molecule has 15 heavy (non-hydrogen) atoms. The van der Waals surface area contributed by atoms with E-state index in [1.54, 1.807) is 0 Å². The highest BCUT2D eigenvalue weighted by atomic mass is 19.4. The minimum absolute atomic E-state index is 0.112. The first-order chi connectivity index (χ1) is 6.87. The lowest BCUT2D eigenvalue weighted by Crippen LogP contribution is -2.50. The van der Waals surface area contributed by atoms with Crippen LogP contribution in [0.2, 0.25) is 0 Å². The van der Waals surface area contributed by atoms with Crippen molar-refractivity contribution in [3.63, 3.8) is 0 Å². The van der Waals surface area contributed by atoms with Crippen LogP contribution < -0.4 is 19.4 Å². The minimum atomic E-state index is -4.78. The molecule has 4 nitrogen and oxygen atoms in total. The summed E-state index contributed by atoms with van der Waals surface area (Å²) in [6, 6.07) is 3.93. The summed E-state index contributed by atoms with van der Waals surface area (Å²) in [4.78, 5) is 0. The van der Waals surface area contributed by atoms with Gasteiger partial charge in [0, 0.05) is 0 Å². The molecule has 0 saturated carbocycles.